The average Bonchev–Trinajstić information content (AvgIpc) is 2.75. The van der Waals surface area contributed by atoms with Crippen LogP contribution in [0.3, 0.4) is 0 Å². The summed E-state index contributed by atoms with van der Waals surface area (Å²) in [6.45, 7) is 1.92. The third kappa shape index (κ3) is 2.81. The van der Waals surface area contributed by atoms with Crippen molar-refractivity contribution in [3.63, 3.8) is 0 Å². The van der Waals surface area contributed by atoms with Gasteiger partial charge in [-0.3, -0.25) is 10.1 Å². The lowest BCUT2D eigenvalue weighted by molar-refractivity contribution is -0.145. The summed E-state index contributed by atoms with van der Waals surface area (Å²) in [5.41, 5.74) is 1.93. The smallest absolute Gasteiger partial charge is 0.325 e. The number of hydrogen-bond donors (Lipinski definition) is 2. The maximum absolute atomic E-state index is 11.6. The van der Waals surface area contributed by atoms with Crippen molar-refractivity contribution in [1.82, 2.24) is 14.9 Å². The molecule has 6 nitrogen and oxygen atoms in total. The first-order chi connectivity index (χ1) is 9.54. The van der Waals surface area contributed by atoms with Gasteiger partial charge in [0.25, 0.3) is 0 Å². The fraction of sp³-hybridized carbons (Fsp3) is 0.429. The Morgan fingerprint density at radius 2 is 2.20 bits per heavy atom. The number of aliphatic hydroxyl groups excluding tert-OH is 1. The zero-order chi connectivity index (χ0) is 14.7. The second-order valence-corrected chi connectivity index (χ2v) is 4.70. The van der Waals surface area contributed by atoms with Crippen LogP contribution in [0.4, 0.5) is 0 Å². The van der Waals surface area contributed by atoms with Crippen LogP contribution in [0, 0.1) is 0 Å². The van der Waals surface area contributed by atoms with Crippen molar-refractivity contribution in [3.8, 4) is 0 Å². The number of fused-ring (bicyclic) bond motifs is 1. The van der Waals surface area contributed by atoms with Crippen LogP contribution >= 0.6 is 0 Å². The van der Waals surface area contributed by atoms with Gasteiger partial charge in [0, 0.05) is 7.05 Å². The number of aliphatic hydroxyl groups is 1. The van der Waals surface area contributed by atoms with E-state index in [1.54, 1.807) is 6.92 Å². The van der Waals surface area contributed by atoms with E-state index >= 15 is 0 Å². The Balaban J connectivity index is 2.16. The van der Waals surface area contributed by atoms with E-state index in [0.29, 0.717) is 6.54 Å². The van der Waals surface area contributed by atoms with Gasteiger partial charge < -0.3 is 14.4 Å². The number of aryl methyl sites for hydroxylation is 1. The van der Waals surface area contributed by atoms with Gasteiger partial charge in [0.05, 0.1) is 30.8 Å². The minimum absolute atomic E-state index is 0.371. The van der Waals surface area contributed by atoms with E-state index in [-0.39, 0.29) is 0 Å². The summed E-state index contributed by atoms with van der Waals surface area (Å²) in [4.78, 5) is 16.1. The van der Waals surface area contributed by atoms with Crippen LogP contribution in [-0.2, 0) is 23.1 Å². The lowest BCUT2D eigenvalue weighted by Gasteiger charge is -2.18. The van der Waals surface area contributed by atoms with E-state index in [1.165, 1.54) is 7.11 Å². The molecule has 1 aromatic carbocycles. The number of carbonyl (C=O) groups is 1. The Morgan fingerprint density at radius 1 is 1.50 bits per heavy atom. The molecular weight excluding hydrogens is 258 g/mol. The summed E-state index contributed by atoms with van der Waals surface area (Å²) in [5, 5.41) is 12.6. The van der Waals surface area contributed by atoms with Crippen LogP contribution in [0.15, 0.2) is 24.3 Å². The maximum Gasteiger partial charge on any atom is 0.325 e. The van der Waals surface area contributed by atoms with E-state index in [4.69, 9.17) is 0 Å². The number of hydrogen-bond acceptors (Lipinski definition) is 5. The molecule has 0 saturated carbocycles. The van der Waals surface area contributed by atoms with Gasteiger partial charge in [-0.15, -0.1) is 0 Å². The number of esters is 1. The normalized spacial score (nSPS) is 14.2. The molecule has 0 saturated heterocycles. The predicted molar refractivity (Wildman–Crippen MR) is 75.0 cm³/mol. The van der Waals surface area contributed by atoms with Crippen molar-refractivity contribution in [1.29, 1.82) is 0 Å². The highest BCUT2D eigenvalue weighted by Crippen LogP contribution is 2.14. The molecule has 0 spiro atoms. The summed E-state index contributed by atoms with van der Waals surface area (Å²) in [7, 11) is 3.22. The number of imidazole rings is 1. The number of para-hydroxylation sites is 2. The van der Waals surface area contributed by atoms with Gasteiger partial charge >= 0.3 is 5.97 Å². The standard InChI is InChI=1S/C14H19N3O3/c1-9(18)13(14(19)20-3)15-8-12-16-10-6-4-5-7-11(10)17(12)2/h4-7,9,13,15,18H,8H2,1-3H3/t9-,13-/m0/s1. The van der Waals surface area contributed by atoms with Crippen LogP contribution in [0.25, 0.3) is 11.0 Å². The molecule has 1 aromatic heterocycles. The number of carbonyl (C=O) groups excluding carboxylic acids is 1. The largest absolute Gasteiger partial charge is 0.468 e. The number of aromatic nitrogens is 2. The van der Waals surface area contributed by atoms with Crippen molar-refractivity contribution in [3.05, 3.63) is 30.1 Å². The molecular formula is C14H19N3O3. The maximum atomic E-state index is 11.6. The molecule has 1 heterocycles. The molecule has 2 aromatic rings. The number of nitrogens with zero attached hydrogens (tertiary/aromatic N) is 2. The van der Waals surface area contributed by atoms with E-state index in [0.717, 1.165) is 16.9 Å². The highest BCUT2D eigenvalue weighted by atomic mass is 16.5. The number of ether oxygens (including phenoxy) is 1. The fourth-order valence-electron chi connectivity index (χ4n) is 2.13. The Morgan fingerprint density at radius 3 is 2.80 bits per heavy atom. The van der Waals surface area contributed by atoms with Crippen molar-refractivity contribution >= 4 is 17.0 Å². The van der Waals surface area contributed by atoms with Crippen molar-refractivity contribution in [2.45, 2.75) is 25.6 Å². The summed E-state index contributed by atoms with van der Waals surface area (Å²) >= 11 is 0. The molecule has 0 aliphatic heterocycles. The SMILES string of the molecule is COC(=O)[C@@H](NCc1nc2ccccc2n1C)[C@H](C)O. The fourth-order valence-corrected chi connectivity index (χ4v) is 2.13. The molecule has 0 unspecified atom stereocenters. The highest BCUT2D eigenvalue weighted by Gasteiger charge is 2.24. The Labute approximate surface area is 117 Å². The van der Waals surface area contributed by atoms with Crippen molar-refractivity contribution < 1.29 is 14.6 Å². The molecule has 6 heteroatoms. The molecule has 0 fully saturated rings. The van der Waals surface area contributed by atoms with Gasteiger partial charge in [0.1, 0.15) is 11.9 Å². The number of nitrogens with one attached hydrogen (secondary N) is 1. The van der Waals surface area contributed by atoms with E-state index in [1.807, 2.05) is 35.9 Å². The first-order valence-corrected chi connectivity index (χ1v) is 6.44. The summed E-state index contributed by atoms with van der Waals surface area (Å²) in [5.74, 6) is 0.305. The minimum atomic E-state index is -0.836. The third-order valence-electron chi connectivity index (χ3n) is 3.30. The molecule has 0 radical (unpaired) electrons. The highest BCUT2D eigenvalue weighted by molar-refractivity contribution is 5.77. The molecule has 0 aliphatic carbocycles. The summed E-state index contributed by atoms with van der Waals surface area (Å²) < 4.78 is 6.62. The summed E-state index contributed by atoms with van der Waals surface area (Å²) in [6.07, 6.45) is -0.836. The predicted octanol–water partition coefficient (Wildman–Crippen LogP) is 0.585. The lowest BCUT2D eigenvalue weighted by Crippen LogP contribution is -2.45. The first-order valence-electron chi connectivity index (χ1n) is 6.44. The van der Waals surface area contributed by atoms with E-state index in [2.05, 4.69) is 15.0 Å². The molecule has 20 heavy (non-hydrogen) atoms. The van der Waals surface area contributed by atoms with Crippen LogP contribution in [0.1, 0.15) is 12.7 Å². The second-order valence-electron chi connectivity index (χ2n) is 4.70. The van der Waals surface area contributed by atoms with Gasteiger partial charge in [-0.2, -0.15) is 0 Å². The molecule has 2 N–H and O–H groups in total. The second kappa shape index (κ2) is 6.02. The van der Waals surface area contributed by atoms with Gasteiger partial charge in [0.15, 0.2) is 0 Å². The number of benzene rings is 1. The van der Waals surface area contributed by atoms with Gasteiger partial charge in [-0.25, -0.2) is 4.98 Å². The van der Waals surface area contributed by atoms with Crippen LogP contribution < -0.4 is 5.32 Å². The van der Waals surface area contributed by atoms with Crippen LogP contribution in [-0.4, -0.2) is 39.9 Å². The molecule has 0 amide bonds. The van der Waals surface area contributed by atoms with E-state index in [9.17, 15) is 9.90 Å². The van der Waals surface area contributed by atoms with Crippen LogP contribution in [0.5, 0.6) is 0 Å². The molecule has 108 valence electrons. The molecule has 0 aliphatic rings. The topological polar surface area (TPSA) is 76.4 Å². The van der Waals surface area contributed by atoms with Crippen molar-refractivity contribution in [2.75, 3.05) is 7.11 Å². The molecule has 2 atom stereocenters. The zero-order valence-electron chi connectivity index (χ0n) is 11.8. The first kappa shape index (κ1) is 14.5. The van der Waals surface area contributed by atoms with Gasteiger partial charge in [-0.05, 0) is 19.1 Å². The Kier molecular flexibility index (Phi) is 4.36. The van der Waals surface area contributed by atoms with E-state index < -0.39 is 18.1 Å². The summed E-state index contributed by atoms with van der Waals surface area (Å²) in [6, 6.07) is 7.04. The Bertz CT molecular complexity index is 607. The zero-order valence-corrected chi connectivity index (χ0v) is 11.8. The third-order valence-corrected chi connectivity index (χ3v) is 3.30. The van der Waals surface area contributed by atoms with Gasteiger partial charge in [0.2, 0.25) is 0 Å². The average molecular weight is 277 g/mol. The Hall–Kier alpha value is -1.92. The molecule has 2 rings (SSSR count). The monoisotopic (exact) mass is 277 g/mol. The number of methoxy groups -OCH3 is 1. The molecule has 0 bridgehead atoms. The van der Waals surface area contributed by atoms with Gasteiger partial charge in [-0.1, -0.05) is 12.1 Å². The van der Waals surface area contributed by atoms with Crippen LogP contribution in [0.2, 0.25) is 0 Å². The minimum Gasteiger partial charge on any atom is -0.468 e. The number of rotatable bonds is 5. The van der Waals surface area contributed by atoms with Crippen molar-refractivity contribution in [2.24, 2.45) is 7.05 Å². The lowest BCUT2D eigenvalue weighted by atomic mass is 10.2. The quantitative estimate of drug-likeness (QED) is 0.782.